The Morgan fingerprint density at radius 3 is 2.90 bits per heavy atom. The average molecular weight is 408 g/mol. The highest BCUT2D eigenvalue weighted by molar-refractivity contribution is 5.76. The number of aromatic amines is 1. The summed E-state index contributed by atoms with van der Waals surface area (Å²) in [5.74, 6) is -0.0715. The minimum Gasteiger partial charge on any atom is -0.368 e. The van der Waals surface area contributed by atoms with Crippen molar-refractivity contribution < 1.29 is 13.9 Å². The first-order valence-corrected chi connectivity index (χ1v) is 10.2. The summed E-state index contributed by atoms with van der Waals surface area (Å²) in [7, 11) is 0. The molecule has 1 N–H and O–H groups in total. The lowest BCUT2D eigenvalue weighted by Crippen LogP contribution is -2.42. The van der Waals surface area contributed by atoms with Crippen molar-refractivity contribution >= 4 is 5.91 Å². The molecule has 2 aromatic heterocycles. The van der Waals surface area contributed by atoms with Crippen LogP contribution in [0.15, 0.2) is 48.9 Å². The van der Waals surface area contributed by atoms with Gasteiger partial charge in [-0.15, -0.1) is 0 Å². The largest absolute Gasteiger partial charge is 0.368 e. The number of pyridine rings is 1. The molecular formula is C23H25FN4O2. The Hall–Kier alpha value is -3.06. The van der Waals surface area contributed by atoms with Crippen molar-refractivity contribution in [2.75, 3.05) is 19.7 Å². The molecule has 7 heteroatoms. The number of aromatic nitrogens is 3. The second-order valence-electron chi connectivity index (χ2n) is 7.59. The summed E-state index contributed by atoms with van der Waals surface area (Å²) in [5, 5.41) is 6.75. The van der Waals surface area contributed by atoms with E-state index in [-0.39, 0.29) is 17.8 Å². The van der Waals surface area contributed by atoms with Gasteiger partial charge in [0.25, 0.3) is 0 Å². The topological polar surface area (TPSA) is 71.1 Å². The predicted molar refractivity (Wildman–Crippen MR) is 111 cm³/mol. The summed E-state index contributed by atoms with van der Waals surface area (Å²) >= 11 is 0. The zero-order chi connectivity index (χ0) is 20.9. The van der Waals surface area contributed by atoms with Gasteiger partial charge in [-0.05, 0) is 43.0 Å². The first kappa shape index (κ1) is 20.2. The Bertz CT molecular complexity index is 989. The van der Waals surface area contributed by atoms with Crippen LogP contribution in [0.25, 0.3) is 11.1 Å². The first-order chi connectivity index (χ1) is 14.6. The number of halogens is 1. The molecule has 0 radical (unpaired) electrons. The Kier molecular flexibility index (Phi) is 6.18. The SMILES string of the molecule is Cc1cc(CCCC(=O)N2CCO[C@@H](c3ccc(-c4cn[nH]c4)cn3)C2)ccc1F. The smallest absolute Gasteiger partial charge is 0.222 e. The maximum atomic E-state index is 13.4. The molecule has 30 heavy (non-hydrogen) atoms. The van der Waals surface area contributed by atoms with Crippen LogP contribution >= 0.6 is 0 Å². The monoisotopic (exact) mass is 408 g/mol. The van der Waals surface area contributed by atoms with Crippen LogP contribution in [0.2, 0.25) is 0 Å². The number of ether oxygens (including phenoxy) is 1. The van der Waals surface area contributed by atoms with Crippen molar-refractivity contribution in [2.45, 2.75) is 32.3 Å². The molecule has 156 valence electrons. The molecule has 0 bridgehead atoms. The molecule has 1 saturated heterocycles. The lowest BCUT2D eigenvalue weighted by Gasteiger charge is -2.32. The lowest BCUT2D eigenvalue weighted by molar-refractivity contribution is -0.139. The highest BCUT2D eigenvalue weighted by Gasteiger charge is 2.26. The van der Waals surface area contributed by atoms with E-state index >= 15 is 0 Å². The summed E-state index contributed by atoms with van der Waals surface area (Å²) in [6, 6.07) is 9.06. The normalized spacial score (nSPS) is 16.6. The third-order valence-electron chi connectivity index (χ3n) is 5.45. The van der Waals surface area contributed by atoms with E-state index in [4.69, 9.17) is 4.74 Å². The second kappa shape index (κ2) is 9.17. The van der Waals surface area contributed by atoms with Crippen LogP contribution in [-0.2, 0) is 16.0 Å². The number of carbonyl (C=O) groups is 1. The number of benzene rings is 1. The van der Waals surface area contributed by atoms with Crippen molar-refractivity contribution in [1.82, 2.24) is 20.1 Å². The molecule has 0 saturated carbocycles. The van der Waals surface area contributed by atoms with Gasteiger partial charge in [0, 0.05) is 36.5 Å². The fourth-order valence-corrected chi connectivity index (χ4v) is 3.69. The molecule has 1 aromatic carbocycles. The van der Waals surface area contributed by atoms with Crippen LogP contribution in [0.1, 0.15) is 35.8 Å². The fourth-order valence-electron chi connectivity index (χ4n) is 3.69. The van der Waals surface area contributed by atoms with Gasteiger partial charge < -0.3 is 9.64 Å². The molecule has 1 aliphatic rings. The molecule has 3 aromatic rings. The van der Waals surface area contributed by atoms with Gasteiger partial charge in [-0.2, -0.15) is 5.10 Å². The summed E-state index contributed by atoms with van der Waals surface area (Å²) in [6.07, 6.45) is 7.12. The molecule has 1 aliphatic heterocycles. The van der Waals surface area contributed by atoms with Gasteiger partial charge in [-0.3, -0.25) is 14.9 Å². The Labute approximate surface area is 175 Å². The van der Waals surface area contributed by atoms with Crippen LogP contribution in [0.4, 0.5) is 4.39 Å². The molecule has 0 spiro atoms. The molecule has 6 nitrogen and oxygen atoms in total. The quantitative estimate of drug-likeness (QED) is 0.673. The van der Waals surface area contributed by atoms with Crippen LogP contribution in [-0.4, -0.2) is 45.7 Å². The number of H-pyrrole nitrogens is 1. The Balaban J connectivity index is 1.30. The standard InChI is InChI=1S/C23H25FN4O2/c1-16-11-17(5-7-20(16)24)3-2-4-23(29)28-9-10-30-22(15-28)21-8-6-18(12-25-21)19-13-26-27-14-19/h5-8,11-14,22H,2-4,9-10,15H2,1H3,(H,26,27)/t22-/m1/s1. The first-order valence-electron chi connectivity index (χ1n) is 10.2. The third-order valence-corrected chi connectivity index (χ3v) is 5.45. The van der Waals surface area contributed by atoms with Crippen LogP contribution < -0.4 is 0 Å². The van der Waals surface area contributed by atoms with E-state index in [1.54, 1.807) is 25.4 Å². The van der Waals surface area contributed by atoms with Gasteiger partial charge >= 0.3 is 0 Å². The Morgan fingerprint density at radius 2 is 2.17 bits per heavy atom. The molecule has 1 amide bonds. The number of morpholine rings is 1. The van der Waals surface area contributed by atoms with Gasteiger partial charge in [-0.1, -0.05) is 18.2 Å². The highest BCUT2D eigenvalue weighted by atomic mass is 19.1. The van der Waals surface area contributed by atoms with Crippen molar-refractivity contribution in [3.05, 3.63) is 71.6 Å². The number of aryl methyl sites for hydroxylation is 2. The van der Waals surface area contributed by atoms with Gasteiger partial charge in [-0.25, -0.2) is 4.39 Å². The molecular weight excluding hydrogens is 383 g/mol. The van der Waals surface area contributed by atoms with E-state index < -0.39 is 0 Å². The summed E-state index contributed by atoms with van der Waals surface area (Å²) < 4.78 is 19.2. The van der Waals surface area contributed by atoms with E-state index in [0.29, 0.717) is 31.7 Å². The van der Waals surface area contributed by atoms with Crippen LogP contribution in [0, 0.1) is 12.7 Å². The summed E-state index contributed by atoms with van der Waals surface area (Å²) in [6.45, 7) is 3.36. The zero-order valence-electron chi connectivity index (χ0n) is 17.0. The van der Waals surface area contributed by atoms with Crippen molar-refractivity contribution in [3.63, 3.8) is 0 Å². The van der Waals surface area contributed by atoms with Crippen molar-refractivity contribution in [1.29, 1.82) is 0 Å². The van der Waals surface area contributed by atoms with Crippen molar-refractivity contribution in [3.8, 4) is 11.1 Å². The minimum absolute atomic E-state index is 0.122. The maximum Gasteiger partial charge on any atom is 0.222 e. The molecule has 4 rings (SSSR count). The van der Waals surface area contributed by atoms with E-state index in [0.717, 1.165) is 35.2 Å². The second-order valence-corrected chi connectivity index (χ2v) is 7.59. The predicted octanol–water partition coefficient (Wildman–Crippen LogP) is 3.84. The number of hydrogen-bond donors (Lipinski definition) is 1. The van der Waals surface area contributed by atoms with Crippen molar-refractivity contribution in [2.24, 2.45) is 0 Å². The van der Waals surface area contributed by atoms with Gasteiger partial charge in [0.2, 0.25) is 5.91 Å². The maximum absolute atomic E-state index is 13.4. The van der Waals surface area contributed by atoms with Crippen LogP contribution in [0.3, 0.4) is 0 Å². The van der Waals surface area contributed by atoms with E-state index in [9.17, 15) is 9.18 Å². The molecule has 0 unspecified atom stereocenters. The molecule has 3 heterocycles. The van der Waals surface area contributed by atoms with Gasteiger partial charge in [0.1, 0.15) is 11.9 Å². The lowest BCUT2D eigenvalue weighted by atomic mass is 10.0. The zero-order valence-corrected chi connectivity index (χ0v) is 17.0. The summed E-state index contributed by atoms with van der Waals surface area (Å²) in [4.78, 5) is 19.1. The van der Waals surface area contributed by atoms with Gasteiger partial charge in [0.05, 0.1) is 25.0 Å². The fraction of sp³-hybridized carbons (Fsp3) is 0.348. The number of nitrogens with one attached hydrogen (secondary N) is 1. The minimum atomic E-state index is -0.221. The van der Waals surface area contributed by atoms with Crippen LogP contribution in [0.5, 0.6) is 0 Å². The molecule has 1 fully saturated rings. The number of rotatable bonds is 6. The van der Waals surface area contributed by atoms with E-state index in [1.807, 2.05) is 29.3 Å². The van der Waals surface area contributed by atoms with E-state index in [2.05, 4.69) is 15.2 Å². The number of nitrogens with zero attached hydrogens (tertiary/aromatic N) is 3. The molecule has 1 atom stereocenters. The Morgan fingerprint density at radius 1 is 1.27 bits per heavy atom. The number of amides is 1. The number of hydrogen-bond acceptors (Lipinski definition) is 4. The van der Waals surface area contributed by atoms with Gasteiger partial charge in [0.15, 0.2) is 0 Å². The number of carbonyl (C=O) groups excluding carboxylic acids is 1. The third kappa shape index (κ3) is 4.74. The molecule has 0 aliphatic carbocycles. The highest BCUT2D eigenvalue weighted by Crippen LogP contribution is 2.24. The van der Waals surface area contributed by atoms with E-state index in [1.165, 1.54) is 6.07 Å². The summed E-state index contributed by atoms with van der Waals surface area (Å²) in [5.41, 5.74) is 4.48. The average Bonchev–Trinajstić information content (AvgIpc) is 3.31.